The summed E-state index contributed by atoms with van der Waals surface area (Å²) in [5.74, 6) is -3.86. The number of halogens is 2. The van der Waals surface area contributed by atoms with E-state index in [1.54, 1.807) is 0 Å². The largest absolute Gasteiger partial charge is 0.507 e. The molecule has 26 heavy (non-hydrogen) atoms. The van der Waals surface area contributed by atoms with E-state index in [2.05, 4.69) is 0 Å². The molecule has 3 rings (SSSR count). The normalized spacial score (nSPS) is 14.2. The van der Waals surface area contributed by atoms with E-state index in [1.165, 1.54) is 6.92 Å². The number of carbonyl (C=O) groups is 1. The molecular formula is C17H15F2NO5S. The minimum Gasteiger partial charge on any atom is -0.507 e. The molecule has 0 radical (unpaired) electrons. The Bertz CT molecular complexity index is 1020. The summed E-state index contributed by atoms with van der Waals surface area (Å²) in [5.41, 5.74) is -0.470. The van der Waals surface area contributed by atoms with Gasteiger partial charge in [-0.1, -0.05) is 0 Å². The number of anilines is 1. The first-order chi connectivity index (χ1) is 12.1. The van der Waals surface area contributed by atoms with E-state index in [0.29, 0.717) is 18.9 Å². The maximum atomic E-state index is 14.3. The number of fused-ring (bicyclic) bond motifs is 1. The van der Waals surface area contributed by atoms with Crippen molar-refractivity contribution < 1.29 is 32.2 Å². The number of phenols is 1. The van der Waals surface area contributed by atoms with Crippen molar-refractivity contribution in [2.75, 3.05) is 10.8 Å². The van der Waals surface area contributed by atoms with Crippen molar-refractivity contribution in [2.24, 2.45) is 0 Å². The highest BCUT2D eigenvalue weighted by atomic mass is 32.2. The Morgan fingerprint density at radius 3 is 2.54 bits per heavy atom. The number of aromatic hydroxyl groups is 1. The molecule has 0 saturated heterocycles. The van der Waals surface area contributed by atoms with Gasteiger partial charge in [0.1, 0.15) is 17.1 Å². The van der Waals surface area contributed by atoms with E-state index in [-0.39, 0.29) is 28.3 Å². The van der Waals surface area contributed by atoms with Crippen LogP contribution in [0.2, 0.25) is 0 Å². The molecule has 0 unspecified atom stereocenters. The molecule has 0 fully saturated rings. The SMILES string of the molecule is Cc1cc(O)c(C(=O)O)cc1S(=O)(=O)N1CCCc2cc(F)cc(F)c21. The number of carboxylic acids is 1. The molecule has 0 aliphatic carbocycles. The average molecular weight is 383 g/mol. The molecule has 0 aromatic heterocycles. The van der Waals surface area contributed by atoms with Crippen LogP contribution in [0.4, 0.5) is 14.5 Å². The first-order valence-corrected chi connectivity index (χ1v) is 9.14. The van der Waals surface area contributed by atoms with Crippen LogP contribution < -0.4 is 4.31 Å². The van der Waals surface area contributed by atoms with Gasteiger partial charge in [0.2, 0.25) is 0 Å². The molecule has 1 aliphatic rings. The average Bonchev–Trinajstić information content (AvgIpc) is 2.53. The number of aryl methyl sites for hydroxylation is 2. The van der Waals surface area contributed by atoms with Gasteiger partial charge in [-0.15, -0.1) is 0 Å². The summed E-state index contributed by atoms with van der Waals surface area (Å²) >= 11 is 0. The van der Waals surface area contributed by atoms with Crippen LogP contribution in [-0.2, 0) is 16.4 Å². The molecule has 2 aromatic rings. The minimum absolute atomic E-state index is 0.0272. The highest BCUT2D eigenvalue weighted by Gasteiger charge is 2.34. The van der Waals surface area contributed by atoms with Gasteiger partial charge in [-0.05, 0) is 49.1 Å². The number of nitrogens with zero attached hydrogens (tertiary/aromatic N) is 1. The van der Waals surface area contributed by atoms with E-state index in [1.807, 2.05) is 0 Å². The van der Waals surface area contributed by atoms with Crippen molar-refractivity contribution in [3.63, 3.8) is 0 Å². The number of sulfonamides is 1. The fraction of sp³-hybridized carbons (Fsp3) is 0.235. The van der Waals surface area contributed by atoms with Gasteiger partial charge in [0, 0.05) is 12.6 Å². The lowest BCUT2D eigenvalue weighted by Crippen LogP contribution is -2.36. The molecule has 2 aromatic carbocycles. The zero-order chi connectivity index (χ0) is 19.2. The van der Waals surface area contributed by atoms with Gasteiger partial charge in [0.05, 0.1) is 10.6 Å². The third kappa shape index (κ3) is 2.88. The van der Waals surface area contributed by atoms with Gasteiger partial charge in [-0.25, -0.2) is 22.0 Å². The molecule has 6 nitrogen and oxygen atoms in total. The first kappa shape index (κ1) is 18.1. The summed E-state index contributed by atoms with van der Waals surface area (Å²) in [6, 6.07) is 3.58. The standard InChI is InChI=1S/C17H15F2NO5S/c1-9-5-14(21)12(17(22)23)8-15(9)26(24,25)20-4-2-3-10-6-11(18)7-13(19)16(10)20/h5-8,21H,2-4H2,1H3,(H,22,23). The zero-order valence-corrected chi connectivity index (χ0v) is 14.5. The number of aromatic carboxylic acids is 1. The molecule has 1 aliphatic heterocycles. The molecule has 0 spiro atoms. The second kappa shape index (κ2) is 6.24. The lowest BCUT2D eigenvalue weighted by Gasteiger charge is -2.31. The summed E-state index contributed by atoms with van der Waals surface area (Å²) in [6.45, 7) is 1.37. The number of hydrogen-bond donors (Lipinski definition) is 2. The lowest BCUT2D eigenvalue weighted by atomic mass is 10.0. The van der Waals surface area contributed by atoms with Crippen molar-refractivity contribution in [1.29, 1.82) is 0 Å². The highest BCUT2D eigenvalue weighted by Crippen LogP contribution is 2.36. The van der Waals surface area contributed by atoms with Crippen LogP contribution in [0.15, 0.2) is 29.2 Å². The predicted molar refractivity (Wildman–Crippen MR) is 89.0 cm³/mol. The number of hydrogen-bond acceptors (Lipinski definition) is 4. The van der Waals surface area contributed by atoms with Gasteiger partial charge in [0.25, 0.3) is 10.0 Å². The molecule has 138 valence electrons. The predicted octanol–water partition coefficient (Wildman–Crippen LogP) is 2.82. The molecule has 0 saturated carbocycles. The molecule has 1 heterocycles. The van der Waals surface area contributed by atoms with Crippen LogP contribution in [0, 0.1) is 18.6 Å². The summed E-state index contributed by atoms with van der Waals surface area (Å²) in [4.78, 5) is 10.9. The van der Waals surface area contributed by atoms with E-state index >= 15 is 0 Å². The maximum absolute atomic E-state index is 14.3. The van der Waals surface area contributed by atoms with Gasteiger partial charge >= 0.3 is 5.97 Å². The number of rotatable bonds is 3. The summed E-state index contributed by atoms with van der Waals surface area (Å²) in [5, 5.41) is 18.8. The third-order valence-electron chi connectivity index (χ3n) is 4.26. The van der Waals surface area contributed by atoms with E-state index < -0.39 is 38.9 Å². The fourth-order valence-electron chi connectivity index (χ4n) is 3.10. The summed E-state index contributed by atoms with van der Waals surface area (Å²) in [6.07, 6.45) is 0.684. The second-order valence-electron chi connectivity index (χ2n) is 6.02. The monoisotopic (exact) mass is 383 g/mol. The Labute approximate surface area is 148 Å². The van der Waals surface area contributed by atoms with Crippen molar-refractivity contribution in [3.05, 3.63) is 52.6 Å². The fourth-order valence-corrected chi connectivity index (χ4v) is 4.88. The van der Waals surface area contributed by atoms with Crippen LogP contribution in [0.1, 0.15) is 27.9 Å². The smallest absolute Gasteiger partial charge is 0.339 e. The summed E-state index contributed by atoms with van der Waals surface area (Å²) in [7, 11) is -4.32. The Morgan fingerprint density at radius 2 is 1.88 bits per heavy atom. The topological polar surface area (TPSA) is 94.9 Å². The van der Waals surface area contributed by atoms with Crippen LogP contribution >= 0.6 is 0 Å². The molecule has 0 atom stereocenters. The summed E-state index contributed by atoms with van der Waals surface area (Å²) < 4.78 is 54.8. The van der Waals surface area contributed by atoms with Crippen LogP contribution in [0.25, 0.3) is 0 Å². The Morgan fingerprint density at radius 1 is 1.19 bits per heavy atom. The van der Waals surface area contributed by atoms with Crippen molar-refractivity contribution in [3.8, 4) is 5.75 Å². The number of carboxylic acid groups (broad SMARTS) is 1. The van der Waals surface area contributed by atoms with Gasteiger partial charge in [0.15, 0.2) is 5.82 Å². The molecule has 9 heteroatoms. The Hall–Kier alpha value is -2.68. The van der Waals surface area contributed by atoms with Gasteiger partial charge in [-0.2, -0.15) is 0 Å². The maximum Gasteiger partial charge on any atom is 0.339 e. The highest BCUT2D eigenvalue weighted by molar-refractivity contribution is 7.92. The van der Waals surface area contributed by atoms with Crippen molar-refractivity contribution in [1.82, 2.24) is 0 Å². The molecule has 2 N–H and O–H groups in total. The van der Waals surface area contributed by atoms with Gasteiger partial charge in [-0.3, -0.25) is 4.31 Å². The molecule has 0 amide bonds. The van der Waals surface area contributed by atoms with Crippen molar-refractivity contribution in [2.45, 2.75) is 24.7 Å². The second-order valence-corrected chi connectivity index (χ2v) is 7.85. The third-order valence-corrected chi connectivity index (χ3v) is 6.20. The van der Waals surface area contributed by atoms with Crippen molar-refractivity contribution >= 4 is 21.7 Å². The number of benzene rings is 2. The first-order valence-electron chi connectivity index (χ1n) is 7.70. The van der Waals surface area contributed by atoms with Crippen LogP contribution in [0.3, 0.4) is 0 Å². The van der Waals surface area contributed by atoms with Gasteiger partial charge < -0.3 is 10.2 Å². The molecular weight excluding hydrogens is 368 g/mol. The zero-order valence-electron chi connectivity index (χ0n) is 13.7. The lowest BCUT2D eigenvalue weighted by molar-refractivity contribution is 0.0693. The minimum atomic E-state index is -4.32. The Balaban J connectivity index is 2.21. The Kier molecular flexibility index (Phi) is 4.35. The van der Waals surface area contributed by atoms with E-state index in [9.17, 15) is 27.1 Å². The van der Waals surface area contributed by atoms with Crippen LogP contribution in [-0.4, -0.2) is 31.1 Å². The van der Waals surface area contributed by atoms with E-state index in [4.69, 9.17) is 5.11 Å². The molecule has 0 bridgehead atoms. The quantitative estimate of drug-likeness (QED) is 0.850. The van der Waals surface area contributed by atoms with E-state index in [0.717, 1.165) is 22.5 Å². The van der Waals surface area contributed by atoms with Crippen LogP contribution in [0.5, 0.6) is 5.75 Å².